The average Bonchev–Trinajstić information content (AvgIpc) is 2.03. The number of hydrogen-bond donors (Lipinski definition) is 2. The zero-order chi connectivity index (χ0) is 9.56. The smallest absolute Gasteiger partial charge is 0.333 e. The highest BCUT2D eigenvalue weighted by Gasteiger charge is 2.04. The molecule has 0 rings (SSSR count). The van der Waals surface area contributed by atoms with E-state index in [0.29, 0.717) is 5.57 Å². The van der Waals surface area contributed by atoms with Crippen molar-refractivity contribution in [1.29, 1.82) is 0 Å². The van der Waals surface area contributed by atoms with Gasteiger partial charge in [0.2, 0.25) is 5.91 Å². The number of rotatable bonds is 4. The van der Waals surface area contributed by atoms with Crippen LogP contribution in [0.5, 0.6) is 0 Å². The Balaban J connectivity index is 3.50. The van der Waals surface area contributed by atoms with Crippen LogP contribution in [0.2, 0.25) is 0 Å². The number of ether oxygens (including phenoxy) is 1. The number of nitrogens with two attached hydrogens (primary N) is 1. The van der Waals surface area contributed by atoms with Crippen molar-refractivity contribution in [2.75, 3.05) is 6.61 Å². The lowest BCUT2D eigenvalue weighted by atomic mass is 10.3. The fourth-order valence-electron chi connectivity index (χ4n) is 0.432. The monoisotopic (exact) mass is 172 g/mol. The van der Waals surface area contributed by atoms with E-state index in [1.807, 2.05) is 5.43 Å². The summed E-state index contributed by atoms with van der Waals surface area (Å²) in [4.78, 5) is 21.2. The molecule has 1 amide bonds. The van der Waals surface area contributed by atoms with Crippen LogP contribution in [0.4, 0.5) is 0 Å². The molecule has 0 saturated heterocycles. The van der Waals surface area contributed by atoms with Crippen LogP contribution in [0.3, 0.4) is 0 Å². The Morgan fingerprint density at radius 1 is 1.58 bits per heavy atom. The number of carbonyl (C=O) groups is 2. The molecule has 12 heavy (non-hydrogen) atoms. The van der Waals surface area contributed by atoms with Crippen LogP contribution in [0.1, 0.15) is 13.3 Å². The van der Waals surface area contributed by atoms with E-state index in [4.69, 9.17) is 5.84 Å². The molecule has 0 fully saturated rings. The molecule has 0 aromatic heterocycles. The summed E-state index contributed by atoms with van der Waals surface area (Å²) in [7, 11) is 0. The number of amides is 1. The van der Waals surface area contributed by atoms with Gasteiger partial charge in [-0.3, -0.25) is 10.2 Å². The average molecular weight is 172 g/mol. The maximum absolute atomic E-state index is 10.7. The van der Waals surface area contributed by atoms with Crippen molar-refractivity contribution in [2.45, 2.75) is 13.3 Å². The van der Waals surface area contributed by atoms with Gasteiger partial charge in [-0.1, -0.05) is 6.58 Å². The molecule has 5 heteroatoms. The largest absolute Gasteiger partial charge is 0.462 e. The van der Waals surface area contributed by atoms with Gasteiger partial charge in [-0.2, -0.15) is 0 Å². The molecule has 0 aliphatic rings. The lowest BCUT2D eigenvalue weighted by Crippen LogP contribution is -2.31. The van der Waals surface area contributed by atoms with E-state index in [9.17, 15) is 9.59 Å². The van der Waals surface area contributed by atoms with Crippen LogP contribution in [-0.2, 0) is 14.3 Å². The number of esters is 1. The Morgan fingerprint density at radius 3 is 2.58 bits per heavy atom. The summed E-state index contributed by atoms with van der Waals surface area (Å²) >= 11 is 0. The maximum Gasteiger partial charge on any atom is 0.333 e. The molecule has 0 atom stereocenters. The van der Waals surface area contributed by atoms with Crippen molar-refractivity contribution in [3.05, 3.63) is 12.2 Å². The first-order valence-electron chi connectivity index (χ1n) is 3.40. The summed E-state index contributed by atoms with van der Waals surface area (Å²) in [6.45, 7) is 4.93. The van der Waals surface area contributed by atoms with Gasteiger partial charge < -0.3 is 4.74 Å². The topological polar surface area (TPSA) is 81.4 Å². The van der Waals surface area contributed by atoms with Crippen LogP contribution in [0.25, 0.3) is 0 Å². The third-order valence-electron chi connectivity index (χ3n) is 1.07. The van der Waals surface area contributed by atoms with E-state index < -0.39 is 5.97 Å². The van der Waals surface area contributed by atoms with E-state index in [-0.39, 0.29) is 18.9 Å². The third-order valence-corrected chi connectivity index (χ3v) is 1.07. The highest BCUT2D eigenvalue weighted by molar-refractivity contribution is 5.87. The lowest BCUT2D eigenvalue weighted by molar-refractivity contribution is -0.139. The Kier molecular flexibility index (Phi) is 4.71. The lowest BCUT2D eigenvalue weighted by Gasteiger charge is -2.02. The minimum absolute atomic E-state index is 0.0225. The standard InChI is InChI=1S/C7H12N2O3/c1-5(2)7(11)12-4-3-6(10)9-8/h1,3-4,8H2,2H3,(H,9,10). The molecule has 0 unspecified atom stereocenters. The van der Waals surface area contributed by atoms with Gasteiger partial charge in [0.05, 0.1) is 6.42 Å². The fraction of sp³-hybridized carbons (Fsp3) is 0.429. The summed E-state index contributed by atoms with van der Waals surface area (Å²) in [6, 6.07) is 0. The first kappa shape index (κ1) is 10.6. The van der Waals surface area contributed by atoms with E-state index in [2.05, 4.69) is 11.3 Å². The number of hydrazine groups is 1. The minimum Gasteiger partial charge on any atom is -0.462 e. The molecule has 0 aliphatic heterocycles. The first-order valence-corrected chi connectivity index (χ1v) is 3.40. The number of nitrogens with one attached hydrogen (secondary N) is 1. The quantitative estimate of drug-likeness (QED) is 0.197. The molecular weight excluding hydrogens is 160 g/mol. The van der Waals surface area contributed by atoms with Gasteiger partial charge in [0.25, 0.3) is 0 Å². The van der Waals surface area contributed by atoms with Crippen LogP contribution in [0.15, 0.2) is 12.2 Å². The Labute approximate surface area is 70.5 Å². The molecular formula is C7H12N2O3. The predicted octanol–water partition coefficient (Wildman–Crippen LogP) is -0.514. The predicted molar refractivity (Wildman–Crippen MR) is 42.7 cm³/mol. The van der Waals surface area contributed by atoms with Crippen molar-refractivity contribution in [2.24, 2.45) is 5.84 Å². The van der Waals surface area contributed by atoms with Crippen molar-refractivity contribution >= 4 is 11.9 Å². The molecule has 0 heterocycles. The zero-order valence-corrected chi connectivity index (χ0v) is 6.92. The molecule has 5 nitrogen and oxygen atoms in total. The van der Waals surface area contributed by atoms with Gasteiger partial charge in [0.1, 0.15) is 6.61 Å². The highest BCUT2D eigenvalue weighted by atomic mass is 16.5. The Morgan fingerprint density at radius 2 is 2.17 bits per heavy atom. The van der Waals surface area contributed by atoms with E-state index in [0.717, 1.165) is 0 Å². The number of hydrogen-bond acceptors (Lipinski definition) is 4. The molecule has 0 spiro atoms. The van der Waals surface area contributed by atoms with Crippen molar-refractivity contribution in [1.82, 2.24) is 5.43 Å². The summed E-state index contributed by atoms with van der Waals surface area (Å²) < 4.78 is 4.62. The maximum atomic E-state index is 10.7. The second kappa shape index (κ2) is 5.31. The van der Waals surface area contributed by atoms with Crippen LogP contribution >= 0.6 is 0 Å². The normalized spacial score (nSPS) is 8.83. The van der Waals surface area contributed by atoms with E-state index in [1.54, 1.807) is 0 Å². The SMILES string of the molecule is C=C(C)C(=O)OCCC(=O)NN. The van der Waals surface area contributed by atoms with Crippen LogP contribution in [0, 0.1) is 0 Å². The zero-order valence-electron chi connectivity index (χ0n) is 6.92. The molecule has 0 aromatic rings. The molecule has 0 aromatic carbocycles. The first-order chi connectivity index (χ1) is 5.57. The second-order valence-corrected chi connectivity index (χ2v) is 2.23. The summed E-state index contributed by atoms with van der Waals surface area (Å²) in [6.07, 6.45) is 0.0650. The van der Waals surface area contributed by atoms with Crippen molar-refractivity contribution in [3.8, 4) is 0 Å². The van der Waals surface area contributed by atoms with Gasteiger partial charge in [-0.25, -0.2) is 10.6 Å². The Bertz CT molecular complexity index is 201. The number of carbonyl (C=O) groups excluding carboxylic acids is 2. The second-order valence-electron chi connectivity index (χ2n) is 2.23. The van der Waals surface area contributed by atoms with E-state index >= 15 is 0 Å². The molecule has 0 radical (unpaired) electrons. The van der Waals surface area contributed by atoms with Gasteiger partial charge in [0.15, 0.2) is 0 Å². The van der Waals surface area contributed by atoms with Crippen molar-refractivity contribution < 1.29 is 14.3 Å². The van der Waals surface area contributed by atoms with Gasteiger partial charge in [0, 0.05) is 5.57 Å². The van der Waals surface area contributed by atoms with Crippen molar-refractivity contribution in [3.63, 3.8) is 0 Å². The summed E-state index contributed by atoms with van der Waals surface area (Å²) in [5, 5.41) is 0. The molecule has 0 aliphatic carbocycles. The summed E-state index contributed by atoms with van der Waals surface area (Å²) in [5.74, 6) is 3.92. The highest BCUT2D eigenvalue weighted by Crippen LogP contribution is 1.92. The molecule has 68 valence electrons. The van der Waals surface area contributed by atoms with Gasteiger partial charge >= 0.3 is 5.97 Å². The fourth-order valence-corrected chi connectivity index (χ4v) is 0.432. The van der Waals surface area contributed by atoms with Gasteiger partial charge in [-0.05, 0) is 6.92 Å². The van der Waals surface area contributed by atoms with Crippen LogP contribution < -0.4 is 11.3 Å². The summed E-state index contributed by atoms with van der Waals surface area (Å²) in [5.41, 5.74) is 2.22. The van der Waals surface area contributed by atoms with Gasteiger partial charge in [-0.15, -0.1) is 0 Å². The molecule has 3 N–H and O–H groups in total. The van der Waals surface area contributed by atoms with Crippen LogP contribution in [-0.4, -0.2) is 18.5 Å². The van der Waals surface area contributed by atoms with E-state index in [1.165, 1.54) is 6.92 Å². The minimum atomic E-state index is -0.500. The third kappa shape index (κ3) is 4.45. The Hall–Kier alpha value is -1.36. The molecule has 0 bridgehead atoms. The molecule has 0 saturated carbocycles.